The van der Waals surface area contributed by atoms with Crippen molar-refractivity contribution >= 4 is 0 Å². The highest BCUT2D eigenvalue weighted by Gasteiger charge is 2.37. The van der Waals surface area contributed by atoms with Gasteiger partial charge in [0.1, 0.15) is 0 Å². The number of nitrogens with zero attached hydrogens (tertiary/aromatic N) is 4. The maximum absolute atomic E-state index is 5.06. The molecule has 1 aliphatic rings. The van der Waals surface area contributed by atoms with Crippen LogP contribution in [0.3, 0.4) is 0 Å². The van der Waals surface area contributed by atoms with E-state index in [0.29, 0.717) is 0 Å². The molecule has 4 heteroatoms. The van der Waals surface area contributed by atoms with E-state index in [2.05, 4.69) is 123 Å². The second kappa shape index (κ2) is 10.8. The van der Waals surface area contributed by atoms with Gasteiger partial charge in [-0.3, -0.25) is 4.98 Å². The molecule has 8 rings (SSSR count). The van der Waals surface area contributed by atoms with E-state index in [-0.39, 0.29) is 5.41 Å². The van der Waals surface area contributed by atoms with Crippen LogP contribution in [0.5, 0.6) is 0 Å². The third kappa shape index (κ3) is 4.81. The van der Waals surface area contributed by atoms with Gasteiger partial charge in [-0.15, -0.1) is 0 Å². The minimum absolute atomic E-state index is 0.160. The first-order valence-corrected chi connectivity index (χ1v) is 15.2. The minimum atomic E-state index is -0.160. The Bertz CT molecular complexity index is 2090. The third-order valence-corrected chi connectivity index (χ3v) is 8.77. The zero-order valence-corrected chi connectivity index (χ0v) is 25.1. The molecule has 3 aromatic heterocycles. The smallest absolute Gasteiger partial charge is 0.159 e. The predicted molar refractivity (Wildman–Crippen MR) is 182 cm³/mol. The summed E-state index contributed by atoms with van der Waals surface area (Å²) < 4.78 is 0. The van der Waals surface area contributed by atoms with E-state index in [4.69, 9.17) is 19.9 Å². The van der Waals surface area contributed by atoms with Crippen LogP contribution in [0.1, 0.15) is 25.1 Å². The molecular formula is C41H30N4. The highest BCUT2D eigenvalue weighted by molar-refractivity contribution is 5.80. The number of fused-ring (bicyclic) bond motifs is 3. The molecule has 0 bridgehead atoms. The Balaban J connectivity index is 1.09. The molecule has 7 aromatic rings. The Hall–Kier alpha value is -5.74. The molecule has 45 heavy (non-hydrogen) atoms. The minimum Gasteiger partial charge on any atom is -0.256 e. The number of rotatable bonds is 5. The van der Waals surface area contributed by atoms with E-state index >= 15 is 0 Å². The van der Waals surface area contributed by atoms with Crippen molar-refractivity contribution in [3.8, 4) is 67.4 Å². The third-order valence-electron chi connectivity index (χ3n) is 8.77. The molecule has 0 radical (unpaired) electrons. The summed E-state index contributed by atoms with van der Waals surface area (Å²) in [6, 6.07) is 46.1. The van der Waals surface area contributed by atoms with E-state index in [1.165, 1.54) is 11.1 Å². The monoisotopic (exact) mass is 578 g/mol. The lowest BCUT2D eigenvalue weighted by Crippen LogP contribution is -2.17. The van der Waals surface area contributed by atoms with E-state index in [0.717, 1.165) is 67.5 Å². The molecule has 1 aliphatic carbocycles. The van der Waals surface area contributed by atoms with E-state index in [9.17, 15) is 0 Å². The average Bonchev–Trinajstić information content (AvgIpc) is 3.34. The molecule has 0 spiro atoms. The van der Waals surface area contributed by atoms with Crippen molar-refractivity contribution in [3.05, 3.63) is 157 Å². The van der Waals surface area contributed by atoms with Gasteiger partial charge in [0.2, 0.25) is 0 Å². The Morgan fingerprint density at radius 1 is 0.422 bits per heavy atom. The summed E-state index contributed by atoms with van der Waals surface area (Å²) in [5.74, 6) is 0.739. The number of hydrogen-bond donors (Lipinski definition) is 0. The first kappa shape index (κ1) is 26.9. The summed E-state index contributed by atoms with van der Waals surface area (Å²) in [6.45, 7) is 4.48. The number of aromatic nitrogens is 4. The van der Waals surface area contributed by atoms with Crippen LogP contribution in [-0.4, -0.2) is 19.9 Å². The topological polar surface area (TPSA) is 51.6 Å². The van der Waals surface area contributed by atoms with Crippen molar-refractivity contribution in [2.45, 2.75) is 19.3 Å². The van der Waals surface area contributed by atoms with E-state index < -0.39 is 0 Å². The summed E-state index contributed by atoms with van der Waals surface area (Å²) in [6.07, 6.45) is 3.89. The first-order valence-electron chi connectivity index (χ1n) is 15.2. The van der Waals surface area contributed by atoms with Gasteiger partial charge in [0, 0.05) is 45.6 Å². The fraction of sp³-hybridized carbons (Fsp3) is 0.0732. The molecule has 0 saturated carbocycles. The fourth-order valence-electron chi connectivity index (χ4n) is 6.32. The van der Waals surface area contributed by atoms with E-state index in [1.807, 2.05) is 36.7 Å². The van der Waals surface area contributed by atoms with Gasteiger partial charge in [0.15, 0.2) is 5.82 Å². The normalized spacial score (nSPS) is 12.8. The molecule has 4 nitrogen and oxygen atoms in total. The zero-order chi connectivity index (χ0) is 30.4. The van der Waals surface area contributed by atoms with Crippen molar-refractivity contribution < 1.29 is 0 Å². The maximum Gasteiger partial charge on any atom is 0.159 e. The van der Waals surface area contributed by atoms with Crippen LogP contribution in [0, 0.1) is 0 Å². The SMILES string of the molecule is CC1(C)c2ccccc2-c2cnc(-c3ccc(-c4ccc(-c5cc(-c6ccccc6)cc(-c6ccccc6)n5)cn4)cc3)nc21. The molecule has 0 aliphatic heterocycles. The van der Waals surface area contributed by atoms with Gasteiger partial charge in [-0.05, 0) is 46.5 Å². The van der Waals surface area contributed by atoms with Crippen molar-refractivity contribution in [2.75, 3.05) is 0 Å². The fourth-order valence-corrected chi connectivity index (χ4v) is 6.32. The largest absolute Gasteiger partial charge is 0.256 e. The highest BCUT2D eigenvalue weighted by atomic mass is 14.9. The molecule has 0 N–H and O–H groups in total. The van der Waals surface area contributed by atoms with Crippen LogP contribution in [0.25, 0.3) is 67.4 Å². The van der Waals surface area contributed by atoms with Gasteiger partial charge < -0.3 is 0 Å². The lowest BCUT2D eigenvalue weighted by molar-refractivity contribution is 0.636. The van der Waals surface area contributed by atoms with Gasteiger partial charge in [-0.2, -0.15) is 0 Å². The van der Waals surface area contributed by atoms with Crippen molar-refractivity contribution in [3.63, 3.8) is 0 Å². The molecule has 0 fully saturated rings. The standard InChI is InChI=1S/C41H30N4/c1-41(2)35-16-10-9-15-33(35)34-26-43-40(45-39(34)41)30-19-17-29(18-20-30)36-22-21-31(25-42-36)38-24-32(27-11-5-3-6-12-27)23-37(44-38)28-13-7-4-8-14-28/h3-26H,1-2H3. The highest BCUT2D eigenvalue weighted by Crippen LogP contribution is 2.47. The quantitative estimate of drug-likeness (QED) is 0.204. The second-order valence-electron chi connectivity index (χ2n) is 12.0. The Labute approximate surface area is 263 Å². The van der Waals surface area contributed by atoms with Crippen LogP contribution in [0.2, 0.25) is 0 Å². The average molecular weight is 579 g/mol. The number of benzene rings is 4. The molecule has 0 saturated heterocycles. The second-order valence-corrected chi connectivity index (χ2v) is 12.0. The molecular weight excluding hydrogens is 548 g/mol. The van der Waals surface area contributed by atoms with E-state index in [1.54, 1.807) is 0 Å². The molecule has 0 atom stereocenters. The Kier molecular flexibility index (Phi) is 6.42. The summed E-state index contributed by atoms with van der Waals surface area (Å²) >= 11 is 0. The van der Waals surface area contributed by atoms with Gasteiger partial charge in [0.25, 0.3) is 0 Å². The first-order chi connectivity index (χ1) is 22.0. The summed E-state index contributed by atoms with van der Waals surface area (Å²) in [5, 5.41) is 0. The summed E-state index contributed by atoms with van der Waals surface area (Å²) in [7, 11) is 0. The summed E-state index contributed by atoms with van der Waals surface area (Å²) in [4.78, 5) is 19.7. The van der Waals surface area contributed by atoms with Crippen molar-refractivity contribution in [1.29, 1.82) is 0 Å². The molecule has 0 unspecified atom stereocenters. The lowest BCUT2D eigenvalue weighted by Gasteiger charge is -2.20. The Morgan fingerprint density at radius 3 is 1.73 bits per heavy atom. The molecule has 214 valence electrons. The number of pyridine rings is 2. The molecule has 0 amide bonds. The molecule has 4 aromatic carbocycles. The van der Waals surface area contributed by atoms with Gasteiger partial charge in [0.05, 0.1) is 22.8 Å². The van der Waals surface area contributed by atoms with Gasteiger partial charge in [-0.25, -0.2) is 15.0 Å². The predicted octanol–water partition coefficient (Wildman–Crippen LogP) is 9.91. The van der Waals surface area contributed by atoms with Crippen molar-refractivity contribution in [1.82, 2.24) is 19.9 Å². The lowest BCUT2D eigenvalue weighted by atomic mass is 9.85. The van der Waals surface area contributed by atoms with Gasteiger partial charge in [-0.1, -0.05) is 123 Å². The zero-order valence-electron chi connectivity index (χ0n) is 25.1. The van der Waals surface area contributed by atoms with Gasteiger partial charge >= 0.3 is 0 Å². The maximum atomic E-state index is 5.06. The summed E-state index contributed by atoms with van der Waals surface area (Å²) in [5.41, 5.74) is 13.7. The van der Waals surface area contributed by atoms with Crippen LogP contribution in [0.4, 0.5) is 0 Å². The van der Waals surface area contributed by atoms with Crippen LogP contribution >= 0.6 is 0 Å². The van der Waals surface area contributed by atoms with Crippen LogP contribution in [-0.2, 0) is 5.41 Å². The van der Waals surface area contributed by atoms with Crippen molar-refractivity contribution in [2.24, 2.45) is 0 Å². The Morgan fingerprint density at radius 2 is 1.02 bits per heavy atom. The number of hydrogen-bond acceptors (Lipinski definition) is 4. The van der Waals surface area contributed by atoms with Crippen LogP contribution < -0.4 is 0 Å². The van der Waals surface area contributed by atoms with Crippen LogP contribution in [0.15, 0.2) is 146 Å². The molecule has 3 heterocycles.